The van der Waals surface area contributed by atoms with Crippen LogP contribution in [-0.4, -0.2) is 35.7 Å². The molecule has 0 unspecified atom stereocenters. The Labute approximate surface area is 404 Å². The number of benzene rings is 10. The summed E-state index contributed by atoms with van der Waals surface area (Å²) in [5, 5.41) is 12.8. The zero-order chi connectivity index (χ0) is 46.0. The Morgan fingerprint density at radius 1 is 0.232 bits per heavy atom. The molecule has 0 fully saturated rings. The lowest BCUT2D eigenvalue weighted by Gasteiger charge is -2.34. The van der Waals surface area contributed by atoms with Gasteiger partial charge in [-0.25, -0.2) is 4.98 Å². The van der Waals surface area contributed by atoms with E-state index in [-0.39, 0.29) is 0 Å². The maximum atomic E-state index is 5.37. The Hall–Kier alpha value is -8.56. The summed E-state index contributed by atoms with van der Waals surface area (Å²) < 4.78 is 2.19. The smallest absolute Gasteiger partial charge is 0.238 e. The van der Waals surface area contributed by atoms with Crippen molar-refractivity contribution in [1.29, 1.82) is 0 Å². The predicted molar refractivity (Wildman–Crippen MR) is 292 cm³/mol. The molecule has 6 heteroatoms. The van der Waals surface area contributed by atoms with Gasteiger partial charge in [-0.3, -0.25) is 4.57 Å². The highest BCUT2D eigenvalue weighted by molar-refractivity contribution is 7.20. The molecule has 0 amide bonds. The van der Waals surface area contributed by atoms with E-state index in [4.69, 9.17) is 15.0 Å². The van der Waals surface area contributed by atoms with Gasteiger partial charge in [-0.2, -0.15) is 9.97 Å². The monoisotopic (exact) mass is 914 g/mol. The van der Waals surface area contributed by atoms with Gasteiger partial charge in [-0.05, 0) is 53.6 Å². The van der Waals surface area contributed by atoms with Gasteiger partial charge in [0.2, 0.25) is 5.95 Å². The molecular weight excluding hydrogens is 869 g/mol. The molecule has 0 aliphatic rings. The quantitative estimate of drug-likeness (QED) is 0.0962. The van der Waals surface area contributed by atoms with Crippen molar-refractivity contribution in [2.24, 2.45) is 0 Å². The molecule has 4 nitrogen and oxygen atoms in total. The van der Waals surface area contributed by atoms with Crippen LogP contribution in [0.5, 0.6) is 0 Å². The first-order valence-electron chi connectivity index (χ1n) is 23.5. The van der Waals surface area contributed by atoms with Gasteiger partial charge in [-0.15, -0.1) is 0 Å². The molecule has 2 heterocycles. The summed E-state index contributed by atoms with van der Waals surface area (Å²) in [6.07, 6.45) is 0. The number of hydrogen-bond donors (Lipinski definition) is 0. The number of nitrogens with zero attached hydrogens (tertiary/aromatic N) is 4. The summed E-state index contributed by atoms with van der Waals surface area (Å²) in [4.78, 5) is 16.1. The molecule has 12 rings (SSSR count). The normalized spacial score (nSPS) is 11.8. The van der Waals surface area contributed by atoms with E-state index in [0.29, 0.717) is 17.6 Å². The Morgan fingerprint density at radius 3 is 0.768 bits per heavy atom. The average Bonchev–Trinajstić information content (AvgIpc) is 3.78. The lowest BCUT2D eigenvalue weighted by atomic mass is 10.2. The summed E-state index contributed by atoms with van der Waals surface area (Å²) in [6.45, 7) is 0. The minimum Gasteiger partial charge on any atom is -0.278 e. The van der Waals surface area contributed by atoms with E-state index >= 15 is 0 Å². The minimum atomic E-state index is -2.75. The van der Waals surface area contributed by atoms with Crippen LogP contribution in [0.1, 0.15) is 0 Å². The average molecular weight is 915 g/mol. The van der Waals surface area contributed by atoms with E-state index in [0.717, 1.165) is 32.9 Å². The maximum absolute atomic E-state index is 5.37. The van der Waals surface area contributed by atoms with Crippen LogP contribution >= 0.6 is 0 Å². The number of hydrogen-bond acceptors (Lipinski definition) is 3. The summed E-state index contributed by atoms with van der Waals surface area (Å²) in [5.74, 6) is 1.80. The number of rotatable bonds is 11. The van der Waals surface area contributed by atoms with Gasteiger partial charge in [0.1, 0.15) is 0 Å². The molecule has 0 radical (unpaired) electrons. The van der Waals surface area contributed by atoms with Gasteiger partial charge in [0.05, 0.1) is 11.0 Å². The topological polar surface area (TPSA) is 43.6 Å². The maximum Gasteiger partial charge on any atom is 0.238 e. The first kappa shape index (κ1) is 41.8. The highest BCUT2D eigenvalue weighted by Gasteiger charge is 2.42. The largest absolute Gasteiger partial charge is 0.278 e. The van der Waals surface area contributed by atoms with Crippen molar-refractivity contribution in [3.05, 3.63) is 279 Å². The van der Waals surface area contributed by atoms with Crippen LogP contribution in [0, 0.1) is 0 Å². The molecule has 326 valence electrons. The third-order valence-electron chi connectivity index (χ3n) is 13.8. The second kappa shape index (κ2) is 17.9. The molecule has 0 atom stereocenters. The molecule has 2 aromatic heterocycles. The van der Waals surface area contributed by atoms with Gasteiger partial charge in [-0.1, -0.05) is 267 Å². The fraction of sp³-hybridized carbons (Fsp3) is 0. The van der Waals surface area contributed by atoms with Gasteiger partial charge >= 0.3 is 0 Å². The van der Waals surface area contributed by atoms with E-state index in [2.05, 4.69) is 284 Å². The van der Waals surface area contributed by atoms with E-state index in [9.17, 15) is 0 Å². The van der Waals surface area contributed by atoms with Gasteiger partial charge < -0.3 is 0 Å². The third-order valence-corrected chi connectivity index (χ3v) is 23.4. The molecule has 12 aromatic rings. The highest BCUT2D eigenvalue weighted by Crippen LogP contribution is 2.32. The Morgan fingerprint density at radius 2 is 0.478 bits per heavy atom. The van der Waals surface area contributed by atoms with E-state index in [1.54, 1.807) is 0 Å². The minimum absolute atomic E-state index is 0.573. The molecule has 0 saturated heterocycles. The predicted octanol–water partition coefficient (Wildman–Crippen LogP) is 9.06. The van der Waals surface area contributed by atoms with Crippen molar-refractivity contribution in [3.8, 4) is 28.7 Å². The van der Waals surface area contributed by atoms with Gasteiger partial charge in [0.25, 0.3) is 0 Å². The Kier molecular flexibility index (Phi) is 10.9. The first-order chi connectivity index (χ1) is 34.2. The van der Waals surface area contributed by atoms with Crippen LogP contribution in [0.3, 0.4) is 0 Å². The molecule has 0 N–H and O–H groups in total. The second-order valence-electron chi connectivity index (χ2n) is 17.5. The summed E-state index contributed by atoms with van der Waals surface area (Å²) in [6, 6.07) is 101. The Bertz CT molecular complexity index is 3250. The summed E-state index contributed by atoms with van der Waals surface area (Å²) in [5.41, 5.74) is 3.92. The fourth-order valence-electron chi connectivity index (χ4n) is 10.7. The Balaban J connectivity index is 1.05. The van der Waals surface area contributed by atoms with Crippen LogP contribution in [0.15, 0.2) is 279 Å². The molecule has 0 spiro atoms. The third kappa shape index (κ3) is 7.17. The van der Waals surface area contributed by atoms with E-state index in [1.165, 1.54) is 41.5 Å². The summed E-state index contributed by atoms with van der Waals surface area (Å²) in [7, 11) is -5.50. The second-order valence-corrected chi connectivity index (χ2v) is 25.1. The van der Waals surface area contributed by atoms with Crippen molar-refractivity contribution < 1.29 is 0 Å². The van der Waals surface area contributed by atoms with Crippen LogP contribution in [-0.2, 0) is 0 Å². The standard InChI is InChI=1S/C63H46N4Si2/c1-7-23-49(24-8-1)68(50-25-9-2-10-26-50,51-27-11-3-12-28-51)55-43-39-47(40-44-55)61-64-62(66-63(65-61)67-59-37-21-19-35-57(59)58-36-20-22-38-60(58)67)48-41-45-56(46-42-48)69(52-29-13-4-14-30-52,53-31-15-5-16-32-53)54-33-17-6-18-34-54/h1-46H. The number of fused-ring (bicyclic) bond motifs is 3. The van der Waals surface area contributed by atoms with Crippen LogP contribution in [0.25, 0.3) is 50.5 Å². The van der Waals surface area contributed by atoms with Crippen molar-refractivity contribution in [2.75, 3.05) is 0 Å². The molecular formula is C63H46N4Si2. The lowest BCUT2D eigenvalue weighted by Crippen LogP contribution is -2.74. The van der Waals surface area contributed by atoms with Crippen molar-refractivity contribution in [2.45, 2.75) is 0 Å². The molecule has 10 aromatic carbocycles. The lowest BCUT2D eigenvalue weighted by molar-refractivity contribution is 0.953. The van der Waals surface area contributed by atoms with Crippen molar-refractivity contribution in [1.82, 2.24) is 19.5 Å². The van der Waals surface area contributed by atoms with Crippen LogP contribution in [0.4, 0.5) is 0 Å². The summed E-state index contributed by atoms with van der Waals surface area (Å²) >= 11 is 0. The first-order valence-corrected chi connectivity index (χ1v) is 27.5. The van der Waals surface area contributed by atoms with Gasteiger partial charge in [0.15, 0.2) is 27.8 Å². The SMILES string of the molecule is c1ccc([Si](c2ccccc2)(c2ccccc2)c2ccc(-c3nc(-c4ccc([Si](c5ccccc5)(c5ccccc5)c5ccccc5)cc4)nc(-n4c5ccccc5c5ccccc54)n3)cc2)cc1. The van der Waals surface area contributed by atoms with Crippen molar-refractivity contribution in [3.63, 3.8) is 0 Å². The molecule has 0 aliphatic carbocycles. The van der Waals surface area contributed by atoms with Crippen LogP contribution < -0.4 is 41.5 Å². The van der Waals surface area contributed by atoms with Crippen LogP contribution in [0.2, 0.25) is 0 Å². The zero-order valence-corrected chi connectivity index (χ0v) is 39.8. The van der Waals surface area contributed by atoms with Crippen molar-refractivity contribution >= 4 is 79.4 Å². The fourth-order valence-corrected chi connectivity index (χ4v) is 20.2. The molecule has 0 saturated carbocycles. The zero-order valence-electron chi connectivity index (χ0n) is 37.8. The number of para-hydroxylation sites is 2. The van der Waals surface area contributed by atoms with Gasteiger partial charge in [0, 0.05) is 21.9 Å². The van der Waals surface area contributed by atoms with E-state index < -0.39 is 16.1 Å². The number of aromatic nitrogens is 4. The molecule has 69 heavy (non-hydrogen) atoms. The molecule has 0 aliphatic heterocycles. The molecule has 0 bridgehead atoms. The highest BCUT2D eigenvalue weighted by atomic mass is 28.3. The van der Waals surface area contributed by atoms with E-state index in [1.807, 2.05) is 0 Å².